The topological polar surface area (TPSA) is 48.2 Å². The SMILES string of the molecule is CSCc1nnc(SCCCOc2cc(C)ccc2C)o1. The van der Waals surface area contributed by atoms with E-state index < -0.39 is 0 Å². The molecule has 0 aliphatic rings. The molecule has 1 heterocycles. The van der Waals surface area contributed by atoms with Gasteiger partial charge in [-0.15, -0.1) is 10.2 Å². The highest BCUT2D eigenvalue weighted by Crippen LogP contribution is 2.21. The molecule has 0 atom stereocenters. The van der Waals surface area contributed by atoms with Gasteiger partial charge in [0.05, 0.1) is 12.4 Å². The number of aryl methyl sites for hydroxylation is 2. The summed E-state index contributed by atoms with van der Waals surface area (Å²) in [5, 5.41) is 8.64. The van der Waals surface area contributed by atoms with Crippen LogP contribution in [0.5, 0.6) is 5.75 Å². The zero-order chi connectivity index (χ0) is 15.1. The maximum absolute atomic E-state index is 5.82. The Hall–Kier alpha value is -1.14. The maximum Gasteiger partial charge on any atom is 0.276 e. The zero-order valence-corrected chi connectivity index (χ0v) is 14.2. The van der Waals surface area contributed by atoms with Gasteiger partial charge in [0.25, 0.3) is 5.22 Å². The van der Waals surface area contributed by atoms with Crippen molar-refractivity contribution in [3.05, 3.63) is 35.2 Å². The number of thioether (sulfide) groups is 2. The molecule has 0 fully saturated rings. The molecule has 0 aliphatic carbocycles. The monoisotopic (exact) mass is 324 g/mol. The molecule has 21 heavy (non-hydrogen) atoms. The third kappa shape index (κ3) is 5.28. The van der Waals surface area contributed by atoms with Gasteiger partial charge in [-0.2, -0.15) is 11.8 Å². The molecule has 0 unspecified atom stereocenters. The van der Waals surface area contributed by atoms with E-state index in [1.807, 2.05) is 6.26 Å². The molecule has 2 rings (SSSR count). The standard InChI is InChI=1S/C15H20N2O2S2/c1-11-5-6-12(2)13(9-11)18-7-4-8-21-15-17-16-14(19-15)10-20-3/h5-6,9H,4,7-8,10H2,1-3H3. The summed E-state index contributed by atoms with van der Waals surface area (Å²) in [4.78, 5) is 0. The Morgan fingerprint density at radius 2 is 2.10 bits per heavy atom. The van der Waals surface area contributed by atoms with Crippen LogP contribution < -0.4 is 4.74 Å². The summed E-state index contributed by atoms with van der Waals surface area (Å²) in [6, 6.07) is 6.26. The summed E-state index contributed by atoms with van der Waals surface area (Å²) >= 11 is 3.25. The van der Waals surface area contributed by atoms with E-state index in [0.29, 0.717) is 17.7 Å². The van der Waals surface area contributed by atoms with Gasteiger partial charge < -0.3 is 9.15 Å². The van der Waals surface area contributed by atoms with E-state index >= 15 is 0 Å². The van der Waals surface area contributed by atoms with Crippen LogP contribution in [0.25, 0.3) is 0 Å². The Morgan fingerprint density at radius 1 is 1.24 bits per heavy atom. The van der Waals surface area contributed by atoms with Crippen LogP contribution in [0.15, 0.2) is 27.8 Å². The quantitative estimate of drug-likeness (QED) is 0.538. The summed E-state index contributed by atoms with van der Waals surface area (Å²) in [5.41, 5.74) is 2.39. The Bertz CT molecular complexity index is 573. The zero-order valence-electron chi connectivity index (χ0n) is 12.6. The largest absolute Gasteiger partial charge is 0.493 e. The van der Waals surface area contributed by atoms with Crippen LogP contribution in [-0.4, -0.2) is 28.8 Å². The average molecular weight is 324 g/mol. The fraction of sp³-hybridized carbons (Fsp3) is 0.467. The molecule has 0 bridgehead atoms. The number of ether oxygens (including phenoxy) is 1. The molecular formula is C15H20N2O2S2. The van der Waals surface area contributed by atoms with Crippen LogP contribution in [0.2, 0.25) is 0 Å². The van der Waals surface area contributed by atoms with Crippen molar-refractivity contribution in [1.82, 2.24) is 10.2 Å². The van der Waals surface area contributed by atoms with Crippen LogP contribution in [0, 0.1) is 13.8 Å². The molecular weight excluding hydrogens is 304 g/mol. The van der Waals surface area contributed by atoms with Gasteiger partial charge in [-0.25, -0.2) is 0 Å². The van der Waals surface area contributed by atoms with Gasteiger partial charge in [0.2, 0.25) is 5.89 Å². The highest BCUT2D eigenvalue weighted by molar-refractivity contribution is 7.99. The first kappa shape index (κ1) is 16.2. The first-order valence-corrected chi connectivity index (χ1v) is 9.21. The molecule has 1 aromatic heterocycles. The van der Waals surface area contributed by atoms with Crippen molar-refractivity contribution in [3.63, 3.8) is 0 Å². The van der Waals surface area contributed by atoms with E-state index in [2.05, 4.69) is 42.2 Å². The van der Waals surface area contributed by atoms with Crippen LogP contribution in [0.4, 0.5) is 0 Å². The molecule has 0 spiro atoms. The van der Waals surface area contributed by atoms with Gasteiger partial charge in [0, 0.05) is 5.75 Å². The molecule has 0 amide bonds. The summed E-state index contributed by atoms with van der Waals surface area (Å²) in [7, 11) is 0. The highest BCUT2D eigenvalue weighted by atomic mass is 32.2. The van der Waals surface area contributed by atoms with Gasteiger partial charge in [0.1, 0.15) is 5.75 Å². The normalized spacial score (nSPS) is 10.8. The number of aromatic nitrogens is 2. The van der Waals surface area contributed by atoms with E-state index in [4.69, 9.17) is 9.15 Å². The lowest BCUT2D eigenvalue weighted by Gasteiger charge is -2.09. The summed E-state index contributed by atoms with van der Waals surface area (Å²) in [6.07, 6.45) is 2.96. The van der Waals surface area contributed by atoms with Gasteiger partial charge >= 0.3 is 0 Å². The number of benzene rings is 1. The third-order valence-corrected chi connectivity index (χ3v) is 4.27. The predicted molar refractivity (Wildman–Crippen MR) is 88.3 cm³/mol. The maximum atomic E-state index is 5.82. The lowest BCUT2D eigenvalue weighted by Crippen LogP contribution is -2.00. The molecule has 1 aromatic carbocycles. The second kappa shape index (κ2) is 8.34. The van der Waals surface area contributed by atoms with Crippen LogP contribution >= 0.6 is 23.5 Å². The Balaban J connectivity index is 1.68. The second-order valence-corrected chi connectivity index (χ2v) is 6.63. The van der Waals surface area contributed by atoms with Crippen molar-refractivity contribution in [1.29, 1.82) is 0 Å². The highest BCUT2D eigenvalue weighted by Gasteiger charge is 2.06. The van der Waals surface area contributed by atoms with E-state index in [0.717, 1.165) is 23.7 Å². The number of hydrogen-bond acceptors (Lipinski definition) is 6. The first-order valence-electron chi connectivity index (χ1n) is 6.83. The minimum atomic E-state index is 0.644. The van der Waals surface area contributed by atoms with E-state index in [9.17, 15) is 0 Å². The summed E-state index contributed by atoms with van der Waals surface area (Å²) in [5.74, 6) is 3.34. The van der Waals surface area contributed by atoms with Crippen molar-refractivity contribution in [2.24, 2.45) is 0 Å². The minimum absolute atomic E-state index is 0.644. The minimum Gasteiger partial charge on any atom is -0.493 e. The number of hydrogen-bond donors (Lipinski definition) is 0. The van der Waals surface area contributed by atoms with Gasteiger partial charge in [0.15, 0.2) is 0 Å². The average Bonchev–Trinajstić information content (AvgIpc) is 2.90. The van der Waals surface area contributed by atoms with Gasteiger partial charge in [-0.3, -0.25) is 0 Å². The fourth-order valence-electron chi connectivity index (χ4n) is 1.74. The third-order valence-electron chi connectivity index (χ3n) is 2.83. The van der Waals surface area contributed by atoms with Crippen molar-refractivity contribution < 1.29 is 9.15 Å². The van der Waals surface area contributed by atoms with Crippen molar-refractivity contribution in [3.8, 4) is 5.75 Å². The second-order valence-electron chi connectivity index (χ2n) is 4.71. The van der Waals surface area contributed by atoms with Crippen molar-refractivity contribution in [2.75, 3.05) is 18.6 Å². The fourth-order valence-corrected chi connectivity index (χ4v) is 2.80. The van der Waals surface area contributed by atoms with Crippen LogP contribution in [0.3, 0.4) is 0 Å². The van der Waals surface area contributed by atoms with E-state index in [-0.39, 0.29) is 0 Å². The Labute approximate surface area is 134 Å². The Morgan fingerprint density at radius 3 is 2.90 bits per heavy atom. The number of rotatable bonds is 8. The molecule has 0 saturated carbocycles. The molecule has 0 saturated heterocycles. The predicted octanol–water partition coefficient (Wildman–Crippen LogP) is 4.11. The van der Waals surface area contributed by atoms with Crippen LogP contribution in [-0.2, 0) is 5.75 Å². The van der Waals surface area contributed by atoms with E-state index in [1.165, 1.54) is 11.1 Å². The lowest BCUT2D eigenvalue weighted by atomic mass is 10.1. The van der Waals surface area contributed by atoms with Crippen molar-refractivity contribution in [2.45, 2.75) is 31.2 Å². The smallest absolute Gasteiger partial charge is 0.276 e. The molecule has 0 aliphatic heterocycles. The summed E-state index contributed by atoms with van der Waals surface area (Å²) in [6.45, 7) is 4.84. The van der Waals surface area contributed by atoms with Gasteiger partial charge in [-0.05, 0) is 43.7 Å². The van der Waals surface area contributed by atoms with Crippen molar-refractivity contribution >= 4 is 23.5 Å². The van der Waals surface area contributed by atoms with Gasteiger partial charge in [-0.1, -0.05) is 23.9 Å². The van der Waals surface area contributed by atoms with E-state index in [1.54, 1.807) is 23.5 Å². The molecule has 4 nitrogen and oxygen atoms in total. The number of nitrogens with zero attached hydrogens (tertiary/aromatic N) is 2. The lowest BCUT2D eigenvalue weighted by molar-refractivity contribution is 0.316. The molecule has 2 aromatic rings. The first-order chi connectivity index (χ1) is 10.2. The molecule has 0 N–H and O–H groups in total. The molecule has 114 valence electrons. The molecule has 6 heteroatoms. The Kier molecular flexibility index (Phi) is 6.45. The van der Waals surface area contributed by atoms with Crippen LogP contribution in [0.1, 0.15) is 23.4 Å². The molecule has 0 radical (unpaired) electrons. The summed E-state index contributed by atoms with van der Waals surface area (Å²) < 4.78 is 11.3.